The van der Waals surface area contributed by atoms with Crippen LogP contribution in [0.1, 0.15) is 89.5 Å². The highest BCUT2D eigenvalue weighted by molar-refractivity contribution is 14.1. The number of hydrogen-bond donors (Lipinski definition) is 15. The fourth-order valence-electron chi connectivity index (χ4n) is 9.42. The van der Waals surface area contributed by atoms with E-state index in [4.69, 9.17) is 25.5 Å². The first-order chi connectivity index (χ1) is 42.7. The second-order valence-electron chi connectivity index (χ2n) is 20.2. The average molecular weight is 1600 g/mol. The van der Waals surface area contributed by atoms with E-state index in [1.807, 2.05) is 29.5 Å². The van der Waals surface area contributed by atoms with Gasteiger partial charge >= 0.3 is 28.4 Å². The molecule has 90 heavy (non-hydrogen) atoms. The number of thioether (sulfide) groups is 5. The number of aliphatic hydroxyl groups excluding tert-OH is 10. The van der Waals surface area contributed by atoms with E-state index in [0.29, 0.717) is 53.2 Å². The van der Waals surface area contributed by atoms with Crippen molar-refractivity contribution in [2.75, 3.05) is 33.0 Å². The minimum absolute atomic E-state index is 0.124. The van der Waals surface area contributed by atoms with Gasteiger partial charge in [0.15, 0.2) is 0 Å². The maximum atomic E-state index is 11.8. The van der Waals surface area contributed by atoms with Gasteiger partial charge in [0.05, 0.1) is 130 Å². The first kappa shape index (κ1) is 74.8. The molecule has 5 aromatic rings. The highest BCUT2D eigenvalue weighted by Crippen LogP contribution is 2.44. The summed E-state index contributed by atoms with van der Waals surface area (Å²) in [5.41, 5.74) is -3.64. The summed E-state index contributed by atoms with van der Waals surface area (Å²) in [5.74, 6) is 5.24. The van der Waals surface area contributed by atoms with Crippen LogP contribution in [-0.4, -0.2) is 189 Å². The Morgan fingerprint density at radius 3 is 1.17 bits per heavy atom. The molecule has 5 fully saturated rings. The van der Waals surface area contributed by atoms with Crippen molar-refractivity contribution < 1.29 is 51.1 Å². The van der Waals surface area contributed by atoms with E-state index in [0.717, 1.165) is 0 Å². The monoisotopic (exact) mass is 1590 g/mol. The lowest BCUT2D eigenvalue weighted by Crippen LogP contribution is -2.32. The Kier molecular flexibility index (Phi) is 28.9. The van der Waals surface area contributed by atoms with Crippen molar-refractivity contribution >= 4 is 119 Å². The van der Waals surface area contributed by atoms with Crippen molar-refractivity contribution in [3.63, 3.8) is 0 Å². The Morgan fingerprint density at radius 1 is 0.489 bits per heavy atom. The van der Waals surface area contributed by atoms with Crippen LogP contribution in [0.2, 0.25) is 0 Å². The molecule has 15 atom stereocenters. The van der Waals surface area contributed by atoms with Crippen LogP contribution >= 0.6 is 113 Å². The van der Waals surface area contributed by atoms with Crippen molar-refractivity contribution in [1.82, 2.24) is 47.8 Å². The molecule has 5 aromatic heterocycles. The molecule has 38 heteroatoms. The van der Waals surface area contributed by atoms with Crippen molar-refractivity contribution in [1.29, 1.82) is 0 Å². The normalized spacial score (nSPS) is 27.5. The number of aliphatic hydroxyl groups is 10. The van der Waals surface area contributed by atoms with Crippen LogP contribution in [0.15, 0.2) is 88.4 Å². The van der Waals surface area contributed by atoms with E-state index in [9.17, 15) is 73.5 Å². The lowest BCUT2D eigenvalue weighted by atomic mass is 10.2. The average Bonchev–Trinajstić information content (AvgIpc) is 1.81. The fraction of sp³-hybridized carbons (Fsp3) is 0.538. The summed E-state index contributed by atoms with van der Waals surface area (Å²) < 4.78 is 7.60. The standard InChI is InChI=1S/C12H14N2O4S.C11H13BrN2O4S.C11H16N2O4S.C9H11BrN2O4S.C9H11IN2O4S/c1-2-3-7-5-14(12(18)13-11(7)17)10-4-8(16)9(6-15)19-10;12-2-1-6-4-14(11(18)13-10(6)17)9-3-7(16)8(5-15)19-9;1-2-6-4-13(11(17)12-10(6)16)9-3-7(15)8(5-14)18-9;2*10-4-2-12(9(16)11-8(4)15)7-1-5(14)6(3-13)17-7/h5,8-10,15-16H,4,6H2,1H3,(H,13,17,18);1-2,4,7-9,15-16H,3,5H2,(H,13,17,18);4,7-9,14-15H,2-3,5H2,1H3,(H,12,16,17);2*2,5-7,13-14H,1,3H2,(H,11,15,16)/b;2-1+;;;/t8-,9+,10+;2*7-,8+,9+;2*5-,6+,7+/m00000/s1. The van der Waals surface area contributed by atoms with Gasteiger partial charge in [-0.05, 0) is 62.9 Å². The van der Waals surface area contributed by atoms with Gasteiger partial charge in [-0.15, -0.1) is 64.7 Å². The molecule has 0 saturated carbocycles. The summed E-state index contributed by atoms with van der Waals surface area (Å²) in [4.78, 5) is 128. The molecule has 30 nitrogen and oxygen atoms in total. The van der Waals surface area contributed by atoms with Crippen molar-refractivity contribution in [3.8, 4) is 11.8 Å². The molecule has 5 aliphatic rings. The zero-order chi connectivity index (χ0) is 66.4. The molecule has 0 aromatic carbocycles. The fourth-order valence-corrected chi connectivity index (χ4v) is 17.3. The highest BCUT2D eigenvalue weighted by atomic mass is 127. The summed E-state index contributed by atoms with van der Waals surface area (Å²) in [7, 11) is 0. The molecule has 0 bridgehead atoms. The van der Waals surface area contributed by atoms with Gasteiger partial charge in [-0.25, -0.2) is 24.0 Å². The Labute approximate surface area is 559 Å². The molecular weight excluding hydrogens is 1530 g/mol. The number of nitrogens with one attached hydrogen (secondary N) is 5. The summed E-state index contributed by atoms with van der Waals surface area (Å²) in [5, 5.41) is 91.1. The number of H-pyrrole nitrogens is 5. The number of aryl methyl sites for hydroxylation is 1. The van der Waals surface area contributed by atoms with E-state index in [-0.39, 0.29) is 102 Å². The zero-order valence-corrected chi connectivity index (χ0v) is 56.9. The maximum absolute atomic E-state index is 11.8. The summed E-state index contributed by atoms with van der Waals surface area (Å²) in [6, 6.07) is 0. The summed E-state index contributed by atoms with van der Waals surface area (Å²) in [6.07, 6.45) is 8.00. The smallest absolute Gasteiger partial charge is 0.329 e. The van der Waals surface area contributed by atoms with Crippen LogP contribution in [0.5, 0.6) is 0 Å². The zero-order valence-electron chi connectivity index (χ0n) is 47.4. The molecule has 0 radical (unpaired) electrons. The second kappa shape index (κ2) is 34.8. The minimum atomic E-state index is -0.667. The van der Waals surface area contributed by atoms with Crippen LogP contribution in [0.25, 0.3) is 6.08 Å². The highest BCUT2D eigenvalue weighted by Gasteiger charge is 2.39. The largest absolute Gasteiger partial charge is 0.395 e. The van der Waals surface area contributed by atoms with Gasteiger partial charge in [-0.2, -0.15) is 0 Å². The van der Waals surface area contributed by atoms with E-state index in [1.165, 1.54) is 117 Å². The van der Waals surface area contributed by atoms with Crippen molar-refractivity contribution in [2.45, 2.75) is 136 Å². The molecule has 5 aliphatic heterocycles. The third kappa shape index (κ3) is 19.0. The van der Waals surface area contributed by atoms with E-state index >= 15 is 0 Å². The molecule has 10 heterocycles. The van der Waals surface area contributed by atoms with Crippen molar-refractivity contribution in [2.24, 2.45) is 0 Å². The first-order valence-electron chi connectivity index (χ1n) is 27.2. The lowest BCUT2D eigenvalue weighted by molar-refractivity contribution is 0.137. The number of halogens is 3. The van der Waals surface area contributed by atoms with Gasteiger partial charge in [0, 0.05) is 68.7 Å². The Bertz CT molecular complexity index is 3920. The molecule has 0 amide bonds. The van der Waals surface area contributed by atoms with Gasteiger partial charge in [0.2, 0.25) is 0 Å². The van der Waals surface area contributed by atoms with Crippen LogP contribution < -0.4 is 56.2 Å². The molecule has 5 saturated heterocycles. The molecule has 10 rings (SSSR count). The van der Waals surface area contributed by atoms with E-state index in [1.54, 1.807) is 13.1 Å². The molecule has 0 spiro atoms. The van der Waals surface area contributed by atoms with Gasteiger partial charge in [0.25, 0.3) is 27.8 Å². The molecule has 0 unspecified atom stereocenters. The Morgan fingerprint density at radius 2 is 0.811 bits per heavy atom. The molecular formula is C52H65Br2IN10O20S5. The number of rotatable bonds is 12. The SMILES string of the molecule is CC#Cc1cn([C@H]2C[C@H](O)[C@@H](CO)S2)c(=O)[nH]c1=O.CCc1cn([C@H]2C[C@H](O)[C@@H](CO)S2)c(=O)[nH]c1=O.O=c1[nH]c(=O)n([C@H]2C[C@H](O)[C@@H](CO)S2)cc1/C=C/Br.O=c1[nH]c(=O)n([C@H]2C[C@H](O)[C@@H](CO)S2)cc1Br.O=c1[nH]c(=O)n([C@H]2C[C@H](O)[C@@H](CO)S2)cc1I. The van der Waals surface area contributed by atoms with Crippen LogP contribution in [-0.2, 0) is 6.42 Å². The Hall–Kier alpha value is -4.26. The summed E-state index contributed by atoms with van der Waals surface area (Å²) >= 11 is 14.6. The maximum Gasteiger partial charge on any atom is 0.329 e. The van der Waals surface area contributed by atoms with Gasteiger partial charge in [-0.3, -0.25) is 71.7 Å². The van der Waals surface area contributed by atoms with Crippen LogP contribution in [0.4, 0.5) is 0 Å². The van der Waals surface area contributed by atoms with E-state index < -0.39 is 81.2 Å². The van der Waals surface area contributed by atoms with Gasteiger partial charge in [-0.1, -0.05) is 28.8 Å². The van der Waals surface area contributed by atoms with E-state index in [2.05, 4.69) is 68.6 Å². The first-order valence-corrected chi connectivity index (χ1v) is 34.7. The van der Waals surface area contributed by atoms with Gasteiger partial charge in [0.1, 0.15) is 5.56 Å². The number of aromatic nitrogens is 10. The number of aromatic amines is 5. The third-order valence-electron chi connectivity index (χ3n) is 14.2. The molecule has 494 valence electrons. The van der Waals surface area contributed by atoms with Crippen LogP contribution in [0.3, 0.4) is 0 Å². The predicted octanol–water partition coefficient (Wildman–Crippen LogP) is -1.86. The predicted molar refractivity (Wildman–Crippen MR) is 358 cm³/mol. The molecule has 15 N–H and O–H groups in total. The third-order valence-corrected chi connectivity index (χ3v) is 23.5. The topological polar surface area (TPSA) is 477 Å². The van der Waals surface area contributed by atoms with Crippen LogP contribution in [0, 0.1) is 15.4 Å². The molecule has 0 aliphatic carbocycles. The number of hydrogen-bond acceptors (Lipinski definition) is 25. The van der Waals surface area contributed by atoms with Gasteiger partial charge < -0.3 is 51.1 Å². The minimum Gasteiger partial charge on any atom is -0.395 e. The quantitative estimate of drug-likeness (QED) is 0.0481. The summed E-state index contributed by atoms with van der Waals surface area (Å²) in [6.45, 7) is 2.76. The lowest BCUT2D eigenvalue weighted by Gasteiger charge is -2.13. The number of nitrogens with zero attached hydrogens (tertiary/aromatic N) is 5. The van der Waals surface area contributed by atoms with Crippen molar-refractivity contribution in [3.05, 3.63) is 165 Å². The second-order valence-corrected chi connectivity index (χ2v) is 29.8. The Balaban J connectivity index is 0.000000179.